The predicted molar refractivity (Wildman–Crippen MR) is 97.5 cm³/mol. The summed E-state index contributed by atoms with van der Waals surface area (Å²) in [5.74, 6) is 2.45. The highest BCUT2D eigenvalue weighted by molar-refractivity contribution is 5.90. The molecular weight excluding hydrogens is 332 g/mol. The molecule has 2 aliphatic heterocycles. The number of hydrogen-bond donors (Lipinski definition) is 1. The van der Waals surface area contributed by atoms with Crippen LogP contribution in [0.5, 0.6) is 11.5 Å². The number of aromatic nitrogens is 2. The van der Waals surface area contributed by atoms with Crippen molar-refractivity contribution in [1.29, 1.82) is 0 Å². The van der Waals surface area contributed by atoms with E-state index < -0.39 is 0 Å². The SMILES string of the molecule is Cn1ccnc1CC[C@@H]1CCCCN1C(=O)Nc1ccc2c(c1)OCO2. The minimum Gasteiger partial charge on any atom is -0.454 e. The Morgan fingerprint density at radius 3 is 3.04 bits per heavy atom. The summed E-state index contributed by atoms with van der Waals surface area (Å²) in [6.45, 7) is 1.02. The maximum Gasteiger partial charge on any atom is 0.322 e. The summed E-state index contributed by atoms with van der Waals surface area (Å²) >= 11 is 0. The average molecular weight is 356 g/mol. The lowest BCUT2D eigenvalue weighted by Gasteiger charge is -2.35. The molecule has 0 saturated carbocycles. The maximum atomic E-state index is 12.8. The van der Waals surface area contributed by atoms with Gasteiger partial charge in [0.1, 0.15) is 5.82 Å². The number of carbonyl (C=O) groups excluding carboxylic acids is 1. The predicted octanol–water partition coefficient (Wildman–Crippen LogP) is 3.17. The van der Waals surface area contributed by atoms with Gasteiger partial charge in [-0.1, -0.05) is 0 Å². The standard InChI is InChI=1S/C19H24N4O3/c1-22-11-9-20-18(22)8-6-15-4-2-3-10-23(15)19(24)21-14-5-7-16-17(12-14)26-13-25-16/h5,7,9,11-12,15H,2-4,6,8,10,13H2,1H3,(H,21,24)/t15-/m0/s1. The van der Waals surface area contributed by atoms with Crippen LogP contribution in [0.4, 0.5) is 10.5 Å². The Bertz CT molecular complexity index is 789. The molecule has 0 aliphatic carbocycles. The van der Waals surface area contributed by atoms with E-state index in [4.69, 9.17) is 9.47 Å². The average Bonchev–Trinajstić information content (AvgIpc) is 3.28. The van der Waals surface area contributed by atoms with Crippen LogP contribution in [-0.4, -0.2) is 39.9 Å². The van der Waals surface area contributed by atoms with Gasteiger partial charge in [0, 0.05) is 50.2 Å². The topological polar surface area (TPSA) is 68.6 Å². The Morgan fingerprint density at radius 1 is 1.31 bits per heavy atom. The molecule has 1 saturated heterocycles. The van der Waals surface area contributed by atoms with Crippen LogP contribution in [0.2, 0.25) is 0 Å². The van der Waals surface area contributed by atoms with E-state index in [9.17, 15) is 4.79 Å². The fraction of sp³-hybridized carbons (Fsp3) is 0.474. The molecule has 138 valence electrons. The first-order valence-electron chi connectivity index (χ1n) is 9.14. The highest BCUT2D eigenvalue weighted by Crippen LogP contribution is 2.34. The van der Waals surface area contributed by atoms with Crippen molar-refractivity contribution in [2.45, 2.75) is 38.1 Å². The maximum absolute atomic E-state index is 12.8. The van der Waals surface area contributed by atoms with Gasteiger partial charge in [0.2, 0.25) is 6.79 Å². The number of amides is 2. The van der Waals surface area contributed by atoms with Crippen LogP contribution >= 0.6 is 0 Å². The zero-order chi connectivity index (χ0) is 17.9. The van der Waals surface area contributed by atoms with Crippen molar-refractivity contribution in [3.63, 3.8) is 0 Å². The van der Waals surface area contributed by atoms with Gasteiger partial charge in [0.15, 0.2) is 11.5 Å². The third-order valence-corrected chi connectivity index (χ3v) is 5.13. The van der Waals surface area contributed by atoms with E-state index in [-0.39, 0.29) is 18.9 Å². The number of imidazole rings is 1. The minimum atomic E-state index is -0.0478. The van der Waals surface area contributed by atoms with Crippen molar-refractivity contribution in [3.05, 3.63) is 36.4 Å². The van der Waals surface area contributed by atoms with Gasteiger partial charge in [-0.25, -0.2) is 9.78 Å². The first-order chi connectivity index (χ1) is 12.7. The van der Waals surface area contributed by atoms with Gasteiger partial charge in [0.05, 0.1) is 0 Å². The van der Waals surface area contributed by atoms with E-state index >= 15 is 0 Å². The highest BCUT2D eigenvalue weighted by atomic mass is 16.7. The van der Waals surface area contributed by atoms with Crippen LogP contribution in [0.25, 0.3) is 0 Å². The number of likely N-dealkylation sites (tertiary alicyclic amines) is 1. The van der Waals surface area contributed by atoms with Gasteiger partial charge >= 0.3 is 6.03 Å². The second-order valence-electron chi connectivity index (χ2n) is 6.83. The lowest BCUT2D eigenvalue weighted by molar-refractivity contribution is 0.157. The lowest BCUT2D eigenvalue weighted by Crippen LogP contribution is -2.46. The van der Waals surface area contributed by atoms with Crippen LogP contribution in [0, 0.1) is 0 Å². The molecule has 1 aromatic heterocycles. The Morgan fingerprint density at radius 2 is 2.19 bits per heavy atom. The number of carbonyl (C=O) groups is 1. The van der Waals surface area contributed by atoms with E-state index in [1.807, 2.05) is 47.1 Å². The smallest absolute Gasteiger partial charge is 0.322 e. The number of fused-ring (bicyclic) bond motifs is 1. The largest absolute Gasteiger partial charge is 0.454 e. The number of anilines is 1. The summed E-state index contributed by atoms with van der Waals surface area (Å²) in [6, 6.07) is 5.68. The number of nitrogens with one attached hydrogen (secondary N) is 1. The second-order valence-corrected chi connectivity index (χ2v) is 6.83. The molecule has 7 heteroatoms. The van der Waals surface area contributed by atoms with Crippen molar-refractivity contribution in [2.24, 2.45) is 7.05 Å². The Balaban J connectivity index is 1.40. The van der Waals surface area contributed by atoms with Gasteiger partial charge in [-0.15, -0.1) is 0 Å². The number of urea groups is 1. The molecule has 2 aliphatic rings. The molecule has 3 heterocycles. The van der Waals surface area contributed by atoms with Gasteiger partial charge < -0.3 is 24.3 Å². The number of piperidine rings is 1. The highest BCUT2D eigenvalue weighted by Gasteiger charge is 2.27. The Labute approximate surface area is 152 Å². The van der Waals surface area contributed by atoms with Crippen molar-refractivity contribution in [3.8, 4) is 11.5 Å². The molecule has 1 atom stereocenters. The Kier molecular flexibility index (Phi) is 4.69. The molecule has 1 aromatic carbocycles. The van der Waals surface area contributed by atoms with Crippen LogP contribution in [0.1, 0.15) is 31.5 Å². The summed E-state index contributed by atoms with van der Waals surface area (Å²) in [7, 11) is 2.01. The molecule has 0 unspecified atom stereocenters. The van der Waals surface area contributed by atoms with Crippen molar-refractivity contribution >= 4 is 11.7 Å². The molecule has 0 bridgehead atoms. The van der Waals surface area contributed by atoms with E-state index in [1.165, 1.54) is 6.42 Å². The van der Waals surface area contributed by atoms with Crippen molar-refractivity contribution < 1.29 is 14.3 Å². The summed E-state index contributed by atoms with van der Waals surface area (Å²) in [6.07, 6.45) is 8.84. The van der Waals surface area contributed by atoms with Gasteiger partial charge in [0.25, 0.3) is 0 Å². The normalized spacial score (nSPS) is 18.8. The minimum absolute atomic E-state index is 0.0478. The molecule has 4 rings (SSSR count). The summed E-state index contributed by atoms with van der Waals surface area (Å²) in [4.78, 5) is 19.2. The molecule has 1 N–H and O–H groups in total. The van der Waals surface area contributed by atoms with E-state index in [1.54, 1.807) is 0 Å². The van der Waals surface area contributed by atoms with Crippen LogP contribution in [-0.2, 0) is 13.5 Å². The van der Waals surface area contributed by atoms with E-state index in [0.717, 1.165) is 43.7 Å². The second kappa shape index (κ2) is 7.27. The van der Waals surface area contributed by atoms with Crippen LogP contribution in [0.3, 0.4) is 0 Å². The molecule has 0 radical (unpaired) electrons. The Hall–Kier alpha value is -2.70. The fourth-order valence-electron chi connectivity index (χ4n) is 3.67. The number of hydrogen-bond acceptors (Lipinski definition) is 4. The van der Waals surface area contributed by atoms with Crippen molar-refractivity contribution in [2.75, 3.05) is 18.7 Å². The lowest BCUT2D eigenvalue weighted by atomic mass is 9.98. The third kappa shape index (κ3) is 3.47. The third-order valence-electron chi connectivity index (χ3n) is 5.13. The van der Waals surface area contributed by atoms with Crippen molar-refractivity contribution in [1.82, 2.24) is 14.5 Å². The molecule has 7 nitrogen and oxygen atoms in total. The van der Waals surface area contributed by atoms with E-state index in [2.05, 4.69) is 10.3 Å². The quantitative estimate of drug-likeness (QED) is 0.914. The molecule has 2 aromatic rings. The van der Waals surface area contributed by atoms with Gasteiger partial charge in [-0.05, 0) is 37.8 Å². The van der Waals surface area contributed by atoms with E-state index in [0.29, 0.717) is 11.5 Å². The number of aryl methyl sites for hydroxylation is 2. The molecule has 26 heavy (non-hydrogen) atoms. The monoisotopic (exact) mass is 356 g/mol. The summed E-state index contributed by atoms with van der Waals surface area (Å²) in [5.41, 5.74) is 0.729. The number of ether oxygens (including phenoxy) is 2. The molecule has 2 amide bonds. The first kappa shape index (κ1) is 16.8. The zero-order valence-electron chi connectivity index (χ0n) is 15.0. The van der Waals surface area contributed by atoms with Crippen LogP contribution in [0.15, 0.2) is 30.6 Å². The van der Waals surface area contributed by atoms with Crippen LogP contribution < -0.4 is 14.8 Å². The summed E-state index contributed by atoms with van der Waals surface area (Å²) < 4.78 is 12.7. The molecule has 0 spiro atoms. The first-order valence-corrected chi connectivity index (χ1v) is 9.14. The number of nitrogens with zero attached hydrogens (tertiary/aromatic N) is 3. The number of rotatable bonds is 4. The molecular formula is C19H24N4O3. The van der Waals surface area contributed by atoms with Gasteiger partial charge in [-0.2, -0.15) is 0 Å². The number of benzene rings is 1. The fourth-order valence-corrected chi connectivity index (χ4v) is 3.67. The van der Waals surface area contributed by atoms with Gasteiger partial charge in [-0.3, -0.25) is 0 Å². The summed E-state index contributed by atoms with van der Waals surface area (Å²) in [5, 5.41) is 3.01. The molecule has 1 fully saturated rings. The zero-order valence-corrected chi connectivity index (χ0v) is 15.0.